The molecule has 0 saturated heterocycles. The van der Waals surface area contributed by atoms with Gasteiger partial charge in [0, 0.05) is 12.0 Å². The molecule has 17 heavy (non-hydrogen) atoms. The lowest BCUT2D eigenvalue weighted by Gasteiger charge is -2.11. The molecule has 0 radical (unpaired) electrons. The van der Waals surface area contributed by atoms with Crippen LogP contribution in [0.3, 0.4) is 0 Å². The second-order valence-corrected chi connectivity index (χ2v) is 6.65. The molecule has 0 bridgehead atoms. The monoisotopic (exact) mass is 255 g/mol. The second-order valence-electron chi connectivity index (χ2n) is 4.52. The first-order valence-corrected chi connectivity index (χ1v) is 7.26. The highest BCUT2D eigenvalue weighted by Gasteiger charge is 2.41. The molecule has 1 saturated carbocycles. The summed E-state index contributed by atoms with van der Waals surface area (Å²) in [7, 11) is -3.39. The van der Waals surface area contributed by atoms with Gasteiger partial charge in [0.25, 0.3) is 0 Å². The highest BCUT2D eigenvalue weighted by Crippen LogP contribution is 2.41. The Kier molecular flexibility index (Phi) is 3.51. The maximum Gasteiger partial charge on any atom is 0.216 e. The Balaban J connectivity index is 1.97. The zero-order valence-corrected chi connectivity index (χ0v) is 10.5. The van der Waals surface area contributed by atoms with Gasteiger partial charge in [0.05, 0.1) is 11.9 Å². The zero-order chi connectivity index (χ0) is 12.5. The van der Waals surface area contributed by atoms with Crippen LogP contribution in [0.2, 0.25) is 0 Å². The summed E-state index contributed by atoms with van der Waals surface area (Å²) in [6, 6.07) is 9.85. The van der Waals surface area contributed by atoms with Crippen LogP contribution >= 0.6 is 0 Å². The fourth-order valence-electron chi connectivity index (χ4n) is 1.82. The van der Waals surface area contributed by atoms with Gasteiger partial charge >= 0.3 is 0 Å². The van der Waals surface area contributed by atoms with Gasteiger partial charge in [-0.15, -0.1) is 0 Å². The quantitative estimate of drug-likeness (QED) is 0.819. The molecule has 0 amide bonds. The van der Waals surface area contributed by atoms with Gasteiger partial charge in [-0.2, -0.15) is 0 Å². The second kappa shape index (κ2) is 4.76. The number of hydrogen-bond acceptors (Lipinski definition) is 3. The van der Waals surface area contributed by atoms with Crippen LogP contribution in [0.5, 0.6) is 0 Å². The van der Waals surface area contributed by atoms with E-state index >= 15 is 0 Å². The Morgan fingerprint density at radius 2 is 2.06 bits per heavy atom. The summed E-state index contributed by atoms with van der Waals surface area (Å²) < 4.78 is 26.1. The zero-order valence-electron chi connectivity index (χ0n) is 9.70. The summed E-state index contributed by atoms with van der Waals surface area (Å²) in [4.78, 5) is 0. The molecule has 1 aliphatic carbocycles. The molecule has 0 heterocycles. The Bertz CT molecular complexity index is 472. The summed E-state index contributed by atoms with van der Waals surface area (Å²) >= 11 is 0. The molecule has 2 rings (SSSR count). The van der Waals surface area contributed by atoms with Crippen molar-refractivity contribution >= 4 is 10.0 Å². The van der Waals surface area contributed by atoms with Crippen molar-refractivity contribution in [1.29, 1.82) is 0 Å². The van der Waals surface area contributed by atoms with E-state index in [1.807, 2.05) is 30.3 Å². The summed E-state index contributed by atoms with van der Waals surface area (Å²) in [5, 5.41) is 8.12. The third-order valence-electron chi connectivity index (χ3n) is 3.12. The molecule has 3 atom stereocenters. The fraction of sp³-hybridized carbons (Fsp3) is 0.500. The van der Waals surface area contributed by atoms with E-state index in [0.717, 1.165) is 12.0 Å². The number of benzene rings is 1. The molecule has 1 aromatic carbocycles. The first-order valence-electron chi connectivity index (χ1n) is 5.71. The topological polar surface area (TPSA) is 66.4 Å². The number of sulfonamides is 1. The van der Waals surface area contributed by atoms with Crippen molar-refractivity contribution in [3.8, 4) is 0 Å². The molecule has 1 fully saturated rings. The molecule has 3 unspecified atom stereocenters. The smallest absolute Gasteiger partial charge is 0.216 e. The van der Waals surface area contributed by atoms with Gasteiger partial charge < -0.3 is 5.11 Å². The van der Waals surface area contributed by atoms with E-state index < -0.39 is 15.3 Å². The van der Waals surface area contributed by atoms with Gasteiger partial charge in [0.2, 0.25) is 10.0 Å². The number of hydrogen-bond donors (Lipinski definition) is 2. The predicted molar refractivity (Wildman–Crippen MR) is 66.2 cm³/mol. The van der Waals surface area contributed by atoms with E-state index in [4.69, 9.17) is 5.11 Å². The molecule has 2 N–H and O–H groups in total. The normalized spacial score (nSPS) is 25.5. The third-order valence-corrected chi connectivity index (χ3v) is 4.96. The first kappa shape index (κ1) is 12.5. The fourth-order valence-corrected chi connectivity index (χ4v) is 2.93. The number of aliphatic hydroxyl groups is 1. The lowest BCUT2D eigenvalue weighted by atomic mass is 10.1. The summed E-state index contributed by atoms with van der Waals surface area (Å²) in [6.07, 6.45) is 0.835. The Labute approximate surface area is 102 Å². The van der Waals surface area contributed by atoms with Crippen LogP contribution in [0.1, 0.15) is 24.8 Å². The van der Waals surface area contributed by atoms with Crippen LogP contribution in [0.15, 0.2) is 30.3 Å². The highest BCUT2D eigenvalue weighted by atomic mass is 32.2. The summed E-state index contributed by atoms with van der Waals surface area (Å²) in [5.74, 6) is 0.275. The number of nitrogens with one attached hydrogen (secondary N) is 1. The minimum atomic E-state index is -3.39. The van der Waals surface area contributed by atoms with Crippen LogP contribution in [-0.4, -0.2) is 31.4 Å². The van der Waals surface area contributed by atoms with E-state index in [-0.39, 0.29) is 18.6 Å². The van der Waals surface area contributed by atoms with E-state index in [0.29, 0.717) is 0 Å². The lowest BCUT2D eigenvalue weighted by molar-refractivity contribution is 0.294. The van der Waals surface area contributed by atoms with Crippen molar-refractivity contribution in [2.24, 2.45) is 0 Å². The average molecular weight is 255 g/mol. The van der Waals surface area contributed by atoms with E-state index in [9.17, 15) is 8.42 Å². The minimum absolute atomic E-state index is 0.0172. The Morgan fingerprint density at radius 3 is 2.65 bits per heavy atom. The van der Waals surface area contributed by atoms with E-state index in [1.54, 1.807) is 0 Å². The van der Waals surface area contributed by atoms with Gasteiger partial charge in [-0.1, -0.05) is 30.3 Å². The number of aliphatic hydroxyl groups excluding tert-OH is 1. The van der Waals surface area contributed by atoms with Crippen molar-refractivity contribution < 1.29 is 13.5 Å². The van der Waals surface area contributed by atoms with Crippen LogP contribution in [0.4, 0.5) is 0 Å². The van der Waals surface area contributed by atoms with Crippen LogP contribution in [-0.2, 0) is 10.0 Å². The molecule has 1 aliphatic rings. The molecule has 0 aromatic heterocycles. The molecule has 5 heteroatoms. The van der Waals surface area contributed by atoms with Crippen molar-refractivity contribution in [3.05, 3.63) is 35.9 Å². The van der Waals surface area contributed by atoms with E-state index in [2.05, 4.69) is 4.72 Å². The van der Waals surface area contributed by atoms with Gasteiger partial charge in [0.15, 0.2) is 0 Å². The van der Waals surface area contributed by atoms with Crippen molar-refractivity contribution in [1.82, 2.24) is 4.72 Å². The molecular weight excluding hydrogens is 238 g/mol. The van der Waals surface area contributed by atoms with Crippen LogP contribution < -0.4 is 4.72 Å². The van der Waals surface area contributed by atoms with Gasteiger partial charge in [-0.3, -0.25) is 0 Å². The molecule has 0 spiro atoms. The van der Waals surface area contributed by atoms with Crippen molar-refractivity contribution in [2.45, 2.75) is 30.6 Å². The molecule has 0 aliphatic heterocycles. The number of rotatable bonds is 5. The van der Waals surface area contributed by atoms with Crippen molar-refractivity contribution in [3.63, 3.8) is 0 Å². The highest BCUT2D eigenvalue weighted by molar-refractivity contribution is 7.90. The standard InChI is InChI=1S/C12H17NO3S/c1-9(8-14)17(15,16)13-12-7-11(12)10-5-3-2-4-6-10/h2-6,9,11-14H,7-8H2,1H3. The summed E-state index contributed by atoms with van der Waals surface area (Å²) in [6.45, 7) is 1.15. The van der Waals surface area contributed by atoms with Gasteiger partial charge in [-0.05, 0) is 18.9 Å². The average Bonchev–Trinajstić information content (AvgIpc) is 3.07. The third kappa shape index (κ3) is 2.86. The maximum atomic E-state index is 11.7. The van der Waals surface area contributed by atoms with Crippen LogP contribution in [0.25, 0.3) is 0 Å². The largest absolute Gasteiger partial charge is 0.395 e. The lowest BCUT2D eigenvalue weighted by Crippen LogP contribution is -2.36. The molecular formula is C12H17NO3S. The molecule has 4 nitrogen and oxygen atoms in total. The van der Waals surface area contributed by atoms with Crippen molar-refractivity contribution in [2.75, 3.05) is 6.61 Å². The van der Waals surface area contributed by atoms with Crippen LogP contribution in [0, 0.1) is 0 Å². The minimum Gasteiger partial charge on any atom is -0.395 e. The molecule has 1 aromatic rings. The SMILES string of the molecule is CC(CO)S(=O)(=O)NC1CC1c1ccccc1. The van der Waals surface area contributed by atoms with E-state index in [1.165, 1.54) is 6.92 Å². The first-order chi connectivity index (χ1) is 8.04. The maximum absolute atomic E-state index is 11.7. The van der Waals surface area contributed by atoms with Gasteiger partial charge in [0.1, 0.15) is 0 Å². The predicted octanol–water partition coefficient (Wildman–Crippen LogP) is 0.843. The van der Waals surface area contributed by atoms with Gasteiger partial charge in [-0.25, -0.2) is 13.1 Å². The summed E-state index contributed by atoms with van der Waals surface area (Å²) in [5.41, 5.74) is 1.16. The Morgan fingerprint density at radius 1 is 1.41 bits per heavy atom. The molecule has 94 valence electrons. The Hall–Kier alpha value is -0.910.